The van der Waals surface area contributed by atoms with Gasteiger partial charge in [0.25, 0.3) is 0 Å². The van der Waals surface area contributed by atoms with E-state index in [2.05, 4.69) is 10.4 Å². The summed E-state index contributed by atoms with van der Waals surface area (Å²) in [6.07, 6.45) is 1.83. The lowest BCUT2D eigenvalue weighted by Crippen LogP contribution is -2.10. The molecule has 2 N–H and O–H groups in total. The average molecular weight is 197 g/mol. The van der Waals surface area contributed by atoms with Crippen molar-refractivity contribution in [3.63, 3.8) is 0 Å². The lowest BCUT2D eigenvalue weighted by atomic mass is 10.2. The van der Waals surface area contributed by atoms with Crippen molar-refractivity contribution in [2.75, 3.05) is 7.05 Å². The Morgan fingerprint density at radius 3 is 2.93 bits per heavy atom. The van der Waals surface area contributed by atoms with Crippen molar-refractivity contribution < 1.29 is 9.90 Å². The molecular weight excluding hydrogens is 182 g/mol. The number of carbonyl (C=O) groups is 1. The summed E-state index contributed by atoms with van der Waals surface area (Å²) in [4.78, 5) is 10.6. The molecule has 1 aromatic heterocycles. The number of carboxylic acid groups (broad SMARTS) is 1. The average Bonchev–Trinajstić information content (AvgIpc) is 2.48. The van der Waals surface area contributed by atoms with Crippen LogP contribution in [-0.2, 0) is 24.3 Å². The number of rotatable bonds is 5. The third kappa shape index (κ3) is 2.56. The van der Waals surface area contributed by atoms with Crippen molar-refractivity contribution >= 4 is 5.97 Å². The van der Waals surface area contributed by atoms with Gasteiger partial charge < -0.3 is 10.4 Å². The molecule has 0 unspecified atom stereocenters. The summed E-state index contributed by atoms with van der Waals surface area (Å²) in [5.74, 6) is -0.821. The van der Waals surface area contributed by atoms with Crippen LogP contribution in [0.4, 0.5) is 0 Å². The molecule has 1 aromatic rings. The fourth-order valence-corrected chi connectivity index (χ4v) is 1.29. The Morgan fingerprint density at radius 2 is 2.43 bits per heavy atom. The van der Waals surface area contributed by atoms with Crippen LogP contribution in [0.1, 0.15) is 18.2 Å². The molecule has 0 fully saturated rings. The van der Waals surface area contributed by atoms with Crippen molar-refractivity contribution in [2.24, 2.45) is 0 Å². The predicted molar refractivity (Wildman–Crippen MR) is 52.0 cm³/mol. The van der Waals surface area contributed by atoms with E-state index in [1.807, 2.05) is 14.0 Å². The number of aromatic nitrogens is 2. The summed E-state index contributed by atoms with van der Waals surface area (Å²) in [7, 11) is 1.81. The number of nitrogens with zero attached hydrogens (tertiary/aromatic N) is 2. The van der Waals surface area contributed by atoms with Crippen LogP contribution in [0.2, 0.25) is 0 Å². The van der Waals surface area contributed by atoms with E-state index >= 15 is 0 Å². The minimum atomic E-state index is -0.821. The molecule has 0 radical (unpaired) electrons. The van der Waals surface area contributed by atoms with Crippen molar-refractivity contribution in [1.82, 2.24) is 15.1 Å². The second-order valence-corrected chi connectivity index (χ2v) is 3.06. The van der Waals surface area contributed by atoms with Gasteiger partial charge in [-0.1, -0.05) is 0 Å². The first-order chi connectivity index (χ1) is 6.67. The first-order valence-electron chi connectivity index (χ1n) is 4.59. The highest BCUT2D eigenvalue weighted by atomic mass is 16.4. The topological polar surface area (TPSA) is 67.2 Å². The van der Waals surface area contributed by atoms with Gasteiger partial charge in [0.2, 0.25) is 0 Å². The summed E-state index contributed by atoms with van der Waals surface area (Å²) >= 11 is 0. The molecule has 0 amide bonds. The minimum absolute atomic E-state index is 0.0387. The van der Waals surface area contributed by atoms with Crippen molar-refractivity contribution in [1.29, 1.82) is 0 Å². The molecule has 1 heterocycles. The monoisotopic (exact) mass is 197 g/mol. The third-order valence-electron chi connectivity index (χ3n) is 1.93. The minimum Gasteiger partial charge on any atom is -0.481 e. The molecule has 1 rings (SSSR count). The third-order valence-corrected chi connectivity index (χ3v) is 1.93. The number of aliphatic carboxylic acids is 1. The number of aryl methyl sites for hydroxylation is 1. The Bertz CT molecular complexity index is 320. The first-order valence-corrected chi connectivity index (χ1v) is 4.59. The second-order valence-electron chi connectivity index (χ2n) is 3.06. The molecule has 0 atom stereocenters. The molecule has 0 bridgehead atoms. The molecule has 0 aliphatic carbocycles. The van der Waals surface area contributed by atoms with E-state index in [0.717, 1.165) is 17.8 Å². The molecule has 0 aliphatic heterocycles. The van der Waals surface area contributed by atoms with E-state index in [1.54, 1.807) is 10.9 Å². The van der Waals surface area contributed by atoms with Crippen molar-refractivity contribution in [3.8, 4) is 0 Å². The highest BCUT2D eigenvalue weighted by molar-refractivity contribution is 5.70. The van der Waals surface area contributed by atoms with Gasteiger partial charge in [0.1, 0.15) is 0 Å². The number of carboxylic acids is 1. The Kier molecular flexibility index (Phi) is 3.64. The molecule has 0 saturated carbocycles. The highest BCUT2D eigenvalue weighted by Gasteiger charge is 2.10. The summed E-state index contributed by atoms with van der Waals surface area (Å²) in [5, 5.41) is 15.9. The zero-order valence-electron chi connectivity index (χ0n) is 8.45. The Labute approximate surface area is 82.7 Å². The molecule has 0 aromatic carbocycles. The predicted octanol–water partition coefficient (Wildman–Crippen LogP) is 0.249. The van der Waals surface area contributed by atoms with Gasteiger partial charge in [-0.2, -0.15) is 5.10 Å². The molecule has 0 spiro atoms. The quantitative estimate of drug-likeness (QED) is 0.710. The van der Waals surface area contributed by atoms with Crippen molar-refractivity contribution in [3.05, 3.63) is 17.5 Å². The molecular formula is C9H15N3O2. The van der Waals surface area contributed by atoms with Gasteiger partial charge in [0.15, 0.2) is 0 Å². The SMILES string of the molecule is CCn1cc(CC(=O)O)c(CNC)n1. The van der Waals surface area contributed by atoms with Crippen LogP contribution >= 0.6 is 0 Å². The van der Waals surface area contributed by atoms with Gasteiger partial charge in [0.05, 0.1) is 12.1 Å². The van der Waals surface area contributed by atoms with Crippen LogP contribution in [0.15, 0.2) is 6.20 Å². The molecule has 0 aliphatic rings. The molecule has 5 nitrogen and oxygen atoms in total. The Balaban J connectivity index is 2.87. The van der Waals surface area contributed by atoms with Gasteiger partial charge in [-0.3, -0.25) is 9.48 Å². The Hall–Kier alpha value is -1.36. The van der Waals surface area contributed by atoms with Gasteiger partial charge in [-0.15, -0.1) is 0 Å². The Morgan fingerprint density at radius 1 is 1.71 bits per heavy atom. The van der Waals surface area contributed by atoms with Gasteiger partial charge in [-0.05, 0) is 14.0 Å². The second kappa shape index (κ2) is 4.76. The van der Waals surface area contributed by atoms with Crippen molar-refractivity contribution in [2.45, 2.75) is 26.4 Å². The summed E-state index contributed by atoms with van der Waals surface area (Å²) in [5.41, 5.74) is 1.60. The van der Waals surface area contributed by atoms with Crippen LogP contribution < -0.4 is 5.32 Å². The zero-order chi connectivity index (χ0) is 10.6. The van der Waals surface area contributed by atoms with E-state index in [-0.39, 0.29) is 6.42 Å². The maximum absolute atomic E-state index is 10.6. The van der Waals surface area contributed by atoms with E-state index in [9.17, 15) is 4.79 Å². The molecule has 0 saturated heterocycles. The van der Waals surface area contributed by atoms with Crippen LogP contribution in [-0.4, -0.2) is 27.9 Å². The summed E-state index contributed by atoms with van der Waals surface area (Å²) in [6.45, 7) is 3.34. The van der Waals surface area contributed by atoms with E-state index in [4.69, 9.17) is 5.11 Å². The van der Waals surface area contributed by atoms with Crippen LogP contribution in [0, 0.1) is 0 Å². The number of hydrogen-bond donors (Lipinski definition) is 2. The lowest BCUT2D eigenvalue weighted by Gasteiger charge is -1.97. The number of hydrogen-bond acceptors (Lipinski definition) is 3. The summed E-state index contributed by atoms with van der Waals surface area (Å²) in [6, 6.07) is 0. The molecule has 14 heavy (non-hydrogen) atoms. The van der Waals surface area contributed by atoms with Gasteiger partial charge in [-0.25, -0.2) is 0 Å². The van der Waals surface area contributed by atoms with Gasteiger partial charge in [0, 0.05) is 24.8 Å². The van der Waals surface area contributed by atoms with Crippen LogP contribution in [0.5, 0.6) is 0 Å². The van der Waals surface area contributed by atoms with Gasteiger partial charge >= 0.3 is 5.97 Å². The molecule has 78 valence electrons. The fourth-order valence-electron chi connectivity index (χ4n) is 1.29. The fraction of sp³-hybridized carbons (Fsp3) is 0.556. The smallest absolute Gasteiger partial charge is 0.307 e. The van der Waals surface area contributed by atoms with Crippen LogP contribution in [0.3, 0.4) is 0 Å². The van der Waals surface area contributed by atoms with E-state index < -0.39 is 5.97 Å². The molecule has 5 heteroatoms. The number of nitrogens with one attached hydrogen (secondary N) is 1. The van der Waals surface area contributed by atoms with E-state index in [1.165, 1.54) is 0 Å². The van der Waals surface area contributed by atoms with E-state index in [0.29, 0.717) is 6.54 Å². The summed E-state index contributed by atoms with van der Waals surface area (Å²) < 4.78 is 1.75. The maximum Gasteiger partial charge on any atom is 0.307 e. The maximum atomic E-state index is 10.6. The largest absolute Gasteiger partial charge is 0.481 e. The highest BCUT2D eigenvalue weighted by Crippen LogP contribution is 2.07. The first kappa shape index (κ1) is 10.7. The van der Waals surface area contributed by atoms with Crippen LogP contribution in [0.25, 0.3) is 0 Å². The zero-order valence-corrected chi connectivity index (χ0v) is 8.45. The standard InChI is InChI=1S/C9H15N3O2/c1-3-12-6-7(4-9(13)14)8(11-12)5-10-2/h6,10H,3-5H2,1-2H3,(H,13,14). The lowest BCUT2D eigenvalue weighted by molar-refractivity contribution is -0.136. The normalized spacial score (nSPS) is 10.4.